The first-order valence-electron chi connectivity index (χ1n) is 7.71. The first kappa shape index (κ1) is 13.4. The maximum Gasteiger partial charge on any atom is 0.0246 e. The van der Waals surface area contributed by atoms with Crippen LogP contribution >= 0.6 is 0 Å². The van der Waals surface area contributed by atoms with Crippen LogP contribution < -0.4 is 5.32 Å². The number of likely N-dealkylation sites (N-methyl/N-ethyl adjacent to an activating group) is 1. The second-order valence-electron chi connectivity index (χ2n) is 6.26. The van der Waals surface area contributed by atoms with Gasteiger partial charge in [0.25, 0.3) is 0 Å². The lowest BCUT2D eigenvalue weighted by molar-refractivity contribution is 0.108. The predicted octanol–water partition coefficient (Wildman–Crippen LogP) is 3.03. The van der Waals surface area contributed by atoms with Crippen molar-refractivity contribution in [1.82, 2.24) is 10.2 Å². The van der Waals surface area contributed by atoms with Crippen molar-refractivity contribution in [1.29, 1.82) is 0 Å². The van der Waals surface area contributed by atoms with Crippen LogP contribution in [0, 0.1) is 5.92 Å². The van der Waals surface area contributed by atoms with Gasteiger partial charge in [0.1, 0.15) is 0 Å². The molecule has 17 heavy (non-hydrogen) atoms. The van der Waals surface area contributed by atoms with Crippen LogP contribution in [0.25, 0.3) is 0 Å². The van der Waals surface area contributed by atoms with Gasteiger partial charge < -0.3 is 5.32 Å². The zero-order chi connectivity index (χ0) is 12.3. The number of rotatable bonds is 7. The molecule has 2 heteroatoms. The highest BCUT2D eigenvalue weighted by atomic mass is 15.2. The summed E-state index contributed by atoms with van der Waals surface area (Å²) in [5.74, 6) is 0.766. The number of nitrogens with one attached hydrogen (secondary N) is 1. The summed E-state index contributed by atoms with van der Waals surface area (Å²) >= 11 is 0. The fraction of sp³-hybridized carbons (Fsp3) is 1.00. The van der Waals surface area contributed by atoms with E-state index in [9.17, 15) is 0 Å². The van der Waals surface area contributed by atoms with E-state index in [1.807, 2.05) is 0 Å². The molecule has 0 bridgehead atoms. The van der Waals surface area contributed by atoms with Crippen molar-refractivity contribution >= 4 is 0 Å². The van der Waals surface area contributed by atoms with E-state index in [1.54, 1.807) is 0 Å². The lowest BCUT2D eigenvalue weighted by Crippen LogP contribution is -2.50. The fourth-order valence-electron chi connectivity index (χ4n) is 3.31. The molecule has 0 saturated heterocycles. The first-order valence-corrected chi connectivity index (χ1v) is 7.71. The van der Waals surface area contributed by atoms with Gasteiger partial charge in [0.2, 0.25) is 0 Å². The average molecular weight is 238 g/mol. The smallest absolute Gasteiger partial charge is 0.0246 e. The molecular formula is C15H30N2. The van der Waals surface area contributed by atoms with E-state index in [0.29, 0.717) is 0 Å². The Bertz CT molecular complexity index is 217. The molecule has 2 saturated carbocycles. The third-order valence-corrected chi connectivity index (χ3v) is 4.55. The molecule has 2 aliphatic carbocycles. The normalized spacial score (nSPS) is 23.8. The molecule has 0 aromatic heterocycles. The molecule has 0 heterocycles. The molecule has 0 aliphatic heterocycles. The van der Waals surface area contributed by atoms with Crippen LogP contribution in [-0.4, -0.2) is 36.1 Å². The van der Waals surface area contributed by atoms with Crippen LogP contribution in [0.5, 0.6) is 0 Å². The molecule has 2 fully saturated rings. The van der Waals surface area contributed by atoms with Crippen LogP contribution in [-0.2, 0) is 0 Å². The van der Waals surface area contributed by atoms with Crippen molar-refractivity contribution in [2.45, 2.75) is 77.4 Å². The largest absolute Gasteiger partial charge is 0.312 e. The summed E-state index contributed by atoms with van der Waals surface area (Å²) in [5, 5.41) is 3.73. The van der Waals surface area contributed by atoms with E-state index in [-0.39, 0.29) is 0 Å². The topological polar surface area (TPSA) is 15.3 Å². The molecule has 1 atom stereocenters. The Morgan fingerprint density at radius 3 is 2.24 bits per heavy atom. The van der Waals surface area contributed by atoms with Gasteiger partial charge in [-0.05, 0) is 38.1 Å². The summed E-state index contributed by atoms with van der Waals surface area (Å²) in [4.78, 5) is 2.78. The summed E-state index contributed by atoms with van der Waals surface area (Å²) in [5.41, 5.74) is 0. The van der Waals surface area contributed by atoms with Gasteiger partial charge in [-0.2, -0.15) is 0 Å². The van der Waals surface area contributed by atoms with Gasteiger partial charge in [0.15, 0.2) is 0 Å². The molecule has 2 rings (SSSR count). The average Bonchev–Trinajstić information content (AvgIpc) is 2.97. The number of nitrogens with zero attached hydrogens (tertiary/aromatic N) is 1. The van der Waals surface area contributed by atoms with Crippen molar-refractivity contribution in [2.24, 2.45) is 5.92 Å². The van der Waals surface area contributed by atoms with Crippen molar-refractivity contribution < 1.29 is 0 Å². The predicted molar refractivity (Wildman–Crippen MR) is 74.3 cm³/mol. The van der Waals surface area contributed by atoms with Gasteiger partial charge in [-0.15, -0.1) is 0 Å². The van der Waals surface area contributed by atoms with Crippen LogP contribution in [0.4, 0.5) is 0 Å². The van der Waals surface area contributed by atoms with E-state index in [4.69, 9.17) is 0 Å². The Hall–Kier alpha value is -0.0800. The van der Waals surface area contributed by atoms with E-state index < -0.39 is 0 Å². The molecule has 1 N–H and O–H groups in total. The van der Waals surface area contributed by atoms with Gasteiger partial charge in [0.05, 0.1) is 0 Å². The standard InChI is InChI=1S/C15H30N2/c1-4-17(14-7-5-6-8-14)15(12(2)3)11-16-13-9-10-13/h12-16H,4-11H2,1-3H3. The summed E-state index contributed by atoms with van der Waals surface area (Å²) in [6.45, 7) is 9.53. The minimum Gasteiger partial charge on any atom is -0.312 e. The van der Waals surface area contributed by atoms with Crippen LogP contribution in [0.2, 0.25) is 0 Å². The van der Waals surface area contributed by atoms with Gasteiger partial charge in [-0.1, -0.05) is 33.6 Å². The minimum absolute atomic E-state index is 0.740. The summed E-state index contributed by atoms with van der Waals surface area (Å²) < 4.78 is 0. The molecular weight excluding hydrogens is 208 g/mol. The highest BCUT2D eigenvalue weighted by Gasteiger charge is 2.30. The maximum absolute atomic E-state index is 3.73. The van der Waals surface area contributed by atoms with E-state index in [2.05, 4.69) is 31.0 Å². The van der Waals surface area contributed by atoms with Gasteiger partial charge in [-0.25, -0.2) is 0 Å². The van der Waals surface area contributed by atoms with E-state index in [0.717, 1.165) is 24.0 Å². The molecule has 0 amide bonds. The Balaban J connectivity index is 1.89. The zero-order valence-electron chi connectivity index (χ0n) is 11.9. The molecule has 2 nitrogen and oxygen atoms in total. The number of hydrogen-bond acceptors (Lipinski definition) is 2. The summed E-state index contributed by atoms with van der Waals surface area (Å²) in [6, 6.07) is 2.45. The fourth-order valence-corrected chi connectivity index (χ4v) is 3.31. The molecule has 1 unspecified atom stereocenters. The highest BCUT2D eigenvalue weighted by molar-refractivity contribution is 4.88. The second-order valence-corrected chi connectivity index (χ2v) is 6.26. The van der Waals surface area contributed by atoms with Crippen LogP contribution in [0.15, 0.2) is 0 Å². The highest BCUT2D eigenvalue weighted by Crippen LogP contribution is 2.27. The quantitative estimate of drug-likeness (QED) is 0.733. The van der Waals surface area contributed by atoms with Gasteiger partial charge in [0, 0.05) is 24.7 Å². The lowest BCUT2D eigenvalue weighted by atomic mass is 9.99. The van der Waals surface area contributed by atoms with Crippen LogP contribution in [0.1, 0.15) is 59.3 Å². The molecule has 100 valence electrons. The Morgan fingerprint density at radius 1 is 1.12 bits per heavy atom. The van der Waals surface area contributed by atoms with Crippen molar-refractivity contribution in [3.05, 3.63) is 0 Å². The number of hydrogen-bond donors (Lipinski definition) is 1. The van der Waals surface area contributed by atoms with Gasteiger partial charge in [-0.3, -0.25) is 4.90 Å². The Kier molecular flexibility index (Phi) is 4.87. The third kappa shape index (κ3) is 3.69. The molecule has 0 radical (unpaired) electrons. The minimum atomic E-state index is 0.740. The maximum atomic E-state index is 3.73. The lowest BCUT2D eigenvalue weighted by Gasteiger charge is -2.38. The van der Waals surface area contributed by atoms with Crippen molar-refractivity contribution in [3.8, 4) is 0 Å². The first-order chi connectivity index (χ1) is 8.22. The second kappa shape index (κ2) is 6.19. The Morgan fingerprint density at radius 2 is 1.76 bits per heavy atom. The summed E-state index contributed by atoms with van der Waals surface area (Å²) in [6.07, 6.45) is 8.56. The molecule has 2 aliphatic rings. The van der Waals surface area contributed by atoms with E-state index in [1.165, 1.54) is 51.6 Å². The van der Waals surface area contributed by atoms with Crippen molar-refractivity contribution in [2.75, 3.05) is 13.1 Å². The molecule has 0 spiro atoms. The summed E-state index contributed by atoms with van der Waals surface area (Å²) in [7, 11) is 0. The van der Waals surface area contributed by atoms with Crippen molar-refractivity contribution in [3.63, 3.8) is 0 Å². The Labute approximate surface area is 107 Å². The van der Waals surface area contributed by atoms with Crippen LogP contribution in [0.3, 0.4) is 0 Å². The molecule has 0 aromatic rings. The third-order valence-electron chi connectivity index (χ3n) is 4.55. The van der Waals surface area contributed by atoms with E-state index >= 15 is 0 Å². The SMILES string of the molecule is CCN(C1CCCC1)C(CNC1CC1)C(C)C. The zero-order valence-corrected chi connectivity index (χ0v) is 11.9. The monoisotopic (exact) mass is 238 g/mol. The molecule has 0 aromatic carbocycles. The van der Waals surface area contributed by atoms with Gasteiger partial charge >= 0.3 is 0 Å².